The Bertz CT molecular complexity index is 360. The van der Waals surface area contributed by atoms with Crippen LogP contribution in [0.15, 0.2) is 24.3 Å². The van der Waals surface area contributed by atoms with E-state index in [2.05, 4.69) is 55.9 Å². The summed E-state index contributed by atoms with van der Waals surface area (Å²) in [5.74, 6) is 0. The predicted molar refractivity (Wildman–Crippen MR) is 78.5 cm³/mol. The van der Waals surface area contributed by atoms with Gasteiger partial charge in [-0.15, -0.1) is 0 Å². The van der Waals surface area contributed by atoms with Gasteiger partial charge in [0, 0.05) is 12.6 Å². The van der Waals surface area contributed by atoms with Crippen LogP contribution in [0.5, 0.6) is 0 Å². The fraction of sp³-hybridized carbons (Fsp3) is 0.600. The topological polar surface area (TPSA) is 3.24 Å². The molecule has 0 atom stereocenters. The lowest BCUT2D eigenvalue weighted by Crippen LogP contribution is -2.38. The number of hydrogen-bond acceptors (Lipinski definition) is 1. The van der Waals surface area contributed by atoms with Gasteiger partial charge in [-0.2, -0.15) is 0 Å². The quantitative estimate of drug-likeness (QED) is 0.739. The summed E-state index contributed by atoms with van der Waals surface area (Å²) in [6, 6.07) is 10.2. The largest absolute Gasteiger partial charge is 0.299 e. The molecule has 0 aliphatic heterocycles. The first-order valence-electron chi connectivity index (χ1n) is 6.76. The molecule has 0 spiro atoms. The van der Waals surface area contributed by atoms with Crippen LogP contribution >= 0.6 is 0 Å². The highest BCUT2D eigenvalue weighted by molar-refractivity contribution is 6.88. The van der Waals surface area contributed by atoms with E-state index >= 15 is 0 Å². The molecule has 0 heterocycles. The summed E-state index contributed by atoms with van der Waals surface area (Å²) >= 11 is 0. The highest BCUT2D eigenvalue weighted by Crippen LogP contribution is 2.24. The van der Waals surface area contributed by atoms with Crippen LogP contribution in [0.3, 0.4) is 0 Å². The molecule has 1 fully saturated rings. The lowest BCUT2D eigenvalue weighted by molar-refractivity contribution is 0.152. The van der Waals surface area contributed by atoms with E-state index in [9.17, 15) is 0 Å². The van der Waals surface area contributed by atoms with Crippen LogP contribution in [0.4, 0.5) is 0 Å². The van der Waals surface area contributed by atoms with Gasteiger partial charge in [-0.1, -0.05) is 55.5 Å². The Labute approximate surface area is 107 Å². The predicted octanol–water partition coefficient (Wildman–Crippen LogP) is 3.22. The molecule has 1 aromatic carbocycles. The second-order valence-corrected chi connectivity index (χ2v) is 11.5. The van der Waals surface area contributed by atoms with Crippen LogP contribution in [0.2, 0.25) is 19.6 Å². The van der Waals surface area contributed by atoms with Gasteiger partial charge in [0.1, 0.15) is 0 Å². The van der Waals surface area contributed by atoms with Crippen molar-refractivity contribution >= 4 is 13.3 Å². The number of rotatable bonds is 4. The molecule has 1 saturated carbocycles. The Hall–Kier alpha value is -0.603. The fourth-order valence-corrected chi connectivity index (χ4v) is 3.52. The zero-order valence-electron chi connectivity index (χ0n) is 11.7. The molecular formula is C15H25NSi. The van der Waals surface area contributed by atoms with Gasteiger partial charge >= 0.3 is 0 Å². The molecule has 94 valence electrons. The van der Waals surface area contributed by atoms with Crippen LogP contribution in [0, 0.1) is 0 Å². The molecule has 1 nitrogen and oxygen atoms in total. The van der Waals surface area contributed by atoms with Gasteiger partial charge in [0.15, 0.2) is 0 Å². The first kappa shape index (κ1) is 12.8. The van der Waals surface area contributed by atoms with Crippen molar-refractivity contribution in [2.24, 2.45) is 0 Å². The summed E-state index contributed by atoms with van der Waals surface area (Å²) < 4.78 is 0. The highest BCUT2D eigenvalue weighted by atomic mass is 28.3. The molecular weight excluding hydrogens is 222 g/mol. The minimum atomic E-state index is -1.13. The maximum Gasteiger partial charge on any atom is 0.0775 e. The van der Waals surface area contributed by atoms with Gasteiger partial charge in [0.05, 0.1) is 8.07 Å². The zero-order chi connectivity index (χ0) is 12.5. The second kappa shape index (κ2) is 4.95. The monoisotopic (exact) mass is 247 g/mol. The first-order valence-corrected chi connectivity index (χ1v) is 10.3. The second-order valence-electron chi connectivity index (χ2n) is 6.45. The van der Waals surface area contributed by atoms with Gasteiger partial charge in [0.25, 0.3) is 0 Å². The van der Waals surface area contributed by atoms with Crippen molar-refractivity contribution < 1.29 is 0 Å². The van der Waals surface area contributed by atoms with Crippen LogP contribution < -0.4 is 5.19 Å². The summed E-state index contributed by atoms with van der Waals surface area (Å²) in [4.78, 5) is 2.51. The molecule has 0 aromatic heterocycles. The molecule has 1 aromatic rings. The van der Waals surface area contributed by atoms with Crippen molar-refractivity contribution in [3.8, 4) is 0 Å². The third-order valence-corrected chi connectivity index (χ3v) is 6.02. The molecule has 0 N–H and O–H groups in total. The average molecular weight is 247 g/mol. The average Bonchev–Trinajstić information content (AvgIpc) is 2.13. The van der Waals surface area contributed by atoms with E-state index in [0.29, 0.717) is 0 Å². The van der Waals surface area contributed by atoms with E-state index in [1.807, 2.05) is 0 Å². The zero-order valence-corrected chi connectivity index (χ0v) is 12.7. The molecule has 2 heteroatoms. The minimum Gasteiger partial charge on any atom is -0.299 e. The third kappa shape index (κ3) is 3.20. The molecule has 1 aliphatic rings. The van der Waals surface area contributed by atoms with Crippen LogP contribution in [0.1, 0.15) is 24.8 Å². The normalized spacial score (nSPS) is 17.2. The summed E-state index contributed by atoms with van der Waals surface area (Å²) in [7, 11) is 1.13. The Balaban J connectivity index is 1.98. The van der Waals surface area contributed by atoms with Gasteiger partial charge in [-0.3, -0.25) is 4.90 Å². The maximum absolute atomic E-state index is 2.51. The van der Waals surface area contributed by atoms with Gasteiger partial charge in [-0.05, 0) is 25.5 Å². The van der Waals surface area contributed by atoms with Crippen molar-refractivity contribution in [3.05, 3.63) is 29.8 Å². The smallest absolute Gasteiger partial charge is 0.0775 e. The number of benzene rings is 1. The van der Waals surface area contributed by atoms with E-state index in [4.69, 9.17) is 0 Å². The fourth-order valence-electron chi connectivity index (χ4n) is 2.35. The minimum absolute atomic E-state index is 0.840. The van der Waals surface area contributed by atoms with Gasteiger partial charge < -0.3 is 0 Å². The van der Waals surface area contributed by atoms with Crippen LogP contribution in [0.25, 0.3) is 0 Å². The van der Waals surface area contributed by atoms with Crippen LogP contribution in [-0.4, -0.2) is 26.1 Å². The molecule has 1 aliphatic carbocycles. The molecule has 0 amide bonds. The Morgan fingerprint density at radius 3 is 2.12 bits per heavy atom. The van der Waals surface area contributed by atoms with Gasteiger partial charge in [-0.25, -0.2) is 0 Å². The summed E-state index contributed by atoms with van der Waals surface area (Å²) in [5.41, 5.74) is 1.46. The van der Waals surface area contributed by atoms with Crippen molar-refractivity contribution in [2.75, 3.05) is 7.05 Å². The van der Waals surface area contributed by atoms with E-state index < -0.39 is 8.07 Å². The van der Waals surface area contributed by atoms with Crippen molar-refractivity contribution in [1.82, 2.24) is 4.90 Å². The molecule has 0 unspecified atom stereocenters. The highest BCUT2D eigenvalue weighted by Gasteiger charge is 2.22. The molecule has 17 heavy (non-hydrogen) atoms. The number of hydrogen-bond donors (Lipinski definition) is 0. The SMILES string of the molecule is CN(Cc1ccc([Si](C)(C)C)cc1)C1CCC1. The van der Waals surface area contributed by atoms with E-state index in [-0.39, 0.29) is 0 Å². The molecule has 0 bridgehead atoms. The maximum atomic E-state index is 2.51. The van der Waals surface area contributed by atoms with Crippen LogP contribution in [-0.2, 0) is 6.54 Å². The lowest BCUT2D eigenvalue weighted by atomic mass is 9.91. The standard InChI is InChI=1S/C15H25NSi/c1-16(14-6-5-7-14)12-13-8-10-15(11-9-13)17(2,3)4/h8-11,14H,5-7,12H2,1-4H3. The van der Waals surface area contributed by atoms with E-state index in [1.54, 1.807) is 5.19 Å². The Kier molecular flexibility index (Phi) is 3.74. The van der Waals surface area contributed by atoms with Crippen molar-refractivity contribution in [2.45, 2.75) is 51.5 Å². The number of nitrogens with zero attached hydrogens (tertiary/aromatic N) is 1. The van der Waals surface area contributed by atoms with E-state index in [0.717, 1.165) is 12.6 Å². The Morgan fingerprint density at radius 1 is 1.12 bits per heavy atom. The molecule has 0 saturated heterocycles. The Morgan fingerprint density at radius 2 is 1.71 bits per heavy atom. The van der Waals surface area contributed by atoms with Gasteiger partial charge in [0.2, 0.25) is 0 Å². The third-order valence-electron chi connectivity index (χ3n) is 3.95. The molecule has 2 rings (SSSR count). The van der Waals surface area contributed by atoms with Crippen molar-refractivity contribution in [1.29, 1.82) is 0 Å². The summed E-state index contributed by atoms with van der Waals surface area (Å²) in [5, 5.41) is 1.56. The molecule has 0 radical (unpaired) electrons. The first-order chi connectivity index (χ1) is 7.97. The van der Waals surface area contributed by atoms with E-state index in [1.165, 1.54) is 24.8 Å². The van der Waals surface area contributed by atoms with Crippen molar-refractivity contribution in [3.63, 3.8) is 0 Å². The summed E-state index contributed by atoms with van der Waals surface area (Å²) in [6.07, 6.45) is 4.20. The lowest BCUT2D eigenvalue weighted by Gasteiger charge is -2.34. The summed E-state index contributed by atoms with van der Waals surface area (Å²) in [6.45, 7) is 8.32.